The predicted octanol–water partition coefficient (Wildman–Crippen LogP) is 1.77. The second-order valence-electron chi connectivity index (χ2n) is 6.08. The number of hydrogen-bond acceptors (Lipinski definition) is 4. The molecule has 7 heteroatoms. The van der Waals surface area contributed by atoms with Gasteiger partial charge in [0.1, 0.15) is 11.5 Å². The number of nitrogens with one attached hydrogen (secondary N) is 1. The zero-order valence-corrected chi connectivity index (χ0v) is 13.9. The van der Waals surface area contributed by atoms with Crippen LogP contribution in [0.25, 0.3) is 0 Å². The van der Waals surface area contributed by atoms with Crippen LogP contribution in [0.5, 0.6) is 0 Å². The van der Waals surface area contributed by atoms with Crippen LogP contribution in [0.3, 0.4) is 0 Å². The van der Waals surface area contributed by atoms with Gasteiger partial charge < -0.3 is 9.64 Å². The molecule has 1 aliphatic heterocycles. The van der Waals surface area contributed by atoms with Gasteiger partial charge in [-0.05, 0) is 37.0 Å². The first kappa shape index (κ1) is 17.3. The van der Waals surface area contributed by atoms with E-state index in [1.165, 1.54) is 18.2 Å². The second-order valence-corrected chi connectivity index (χ2v) is 6.08. The van der Waals surface area contributed by atoms with Crippen molar-refractivity contribution in [1.82, 2.24) is 15.1 Å². The van der Waals surface area contributed by atoms with Crippen molar-refractivity contribution < 1.29 is 13.9 Å². The molecule has 0 unspecified atom stereocenters. The number of rotatable bonds is 4. The summed E-state index contributed by atoms with van der Waals surface area (Å²) in [5.41, 5.74) is 0.339. The number of piperidine rings is 1. The number of likely N-dealkylation sites (tertiary alicyclic amines) is 1. The number of nitrogens with zero attached hydrogens (tertiary/aromatic N) is 2. The summed E-state index contributed by atoms with van der Waals surface area (Å²) in [6.07, 6.45) is 1.78. The highest BCUT2D eigenvalue weighted by molar-refractivity contribution is 5.92. The van der Waals surface area contributed by atoms with Crippen LogP contribution in [-0.2, 0) is 11.2 Å². The summed E-state index contributed by atoms with van der Waals surface area (Å²) < 4.78 is 19.6. The number of amides is 1. The third-order valence-electron chi connectivity index (χ3n) is 4.57. The molecule has 1 aromatic carbocycles. The van der Waals surface area contributed by atoms with E-state index in [4.69, 9.17) is 4.74 Å². The Hall–Kier alpha value is -2.54. The van der Waals surface area contributed by atoms with Crippen LogP contribution < -0.4 is 5.56 Å². The first-order chi connectivity index (χ1) is 12.1. The summed E-state index contributed by atoms with van der Waals surface area (Å²) in [5, 5.41) is 6.09. The summed E-state index contributed by atoms with van der Waals surface area (Å²) in [5.74, 6) is -0.586. The van der Waals surface area contributed by atoms with E-state index >= 15 is 0 Å². The zero-order chi connectivity index (χ0) is 17.8. The monoisotopic (exact) mass is 345 g/mol. The number of H-pyrrole nitrogens is 1. The van der Waals surface area contributed by atoms with Crippen molar-refractivity contribution in [2.75, 3.05) is 13.7 Å². The van der Waals surface area contributed by atoms with Gasteiger partial charge in [-0.3, -0.25) is 9.59 Å². The quantitative estimate of drug-likeness (QED) is 0.916. The van der Waals surface area contributed by atoms with E-state index < -0.39 is 0 Å². The lowest BCUT2D eigenvalue weighted by atomic mass is 9.92. The molecular weight excluding hydrogens is 325 g/mol. The largest absolute Gasteiger partial charge is 0.379 e. The van der Waals surface area contributed by atoms with E-state index in [0.29, 0.717) is 18.5 Å². The minimum absolute atomic E-state index is 0.162. The molecule has 3 rings (SSSR count). The second kappa shape index (κ2) is 7.57. The first-order valence-corrected chi connectivity index (χ1v) is 8.23. The van der Waals surface area contributed by atoms with Gasteiger partial charge in [0.15, 0.2) is 0 Å². The molecule has 0 saturated carbocycles. The maximum absolute atomic E-state index is 14.1. The number of halogens is 1. The van der Waals surface area contributed by atoms with Crippen molar-refractivity contribution in [3.63, 3.8) is 0 Å². The lowest BCUT2D eigenvalue weighted by Gasteiger charge is -2.40. The Bertz CT molecular complexity index is 788. The van der Waals surface area contributed by atoms with E-state index in [1.54, 1.807) is 30.2 Å². The number of methoxy groups -OCH3 is 1. The van der Waals surface area contributed by atoms with Crippen LogP contribution in [0, 0.1) is 5.82 Å². The van der Waals surface area contributed by atoms with Gasteiger partial charge in [0.05, 0.1) is 12.1 Å². The number of aromatic amines is 1. The molecule has 25 heavy (non-hydrogen) atoms. The maximum Gasteiger partial charge on any atom is 0.274 e. The van der Waals surface area contributed by atoms with E-state index in [-0.39, 0.29) is 35.1 Å². The number of carbonyl (C=O) groups excluding carboxylic acids is 1. The molecule has 1 N–H and O–H groups in total. The van der Waals surface area contributed by atoms with Crippen molar-refractivity contribution in [3.8, 4) is 0 Å². The Morgan fingerprint density at radius 2 is 2.16 bits per heavy atom. The number of benzene rings is 1. The molecule has 0 radical (unpaired) electrons. The standard InChI is InChI=1S/C18H20FN3O3/c1-25-16-7-4-10-22(18(24)14-8-9-17(23)21-20-14)15(16)11-12-5-2-3-6-13(12)19/h2-3,5-6,8-9,15-16H,4,7,10-11H2,1H3,(H,21,23)/t15-,16-/m0/s1. The van der Waals surface area contributed by atoms with Crippen molar-refractivity contribution in [1.29, 1.82) is 0 Å². The minimum Gasteiger partial charge on any atom is -0.379 e. The van der Waals surface area contributed by atoms with Crippen molar-refractivity contribution >= 4 is 5.91 Å². The van der Waals surface area contributed by atoms with Crippen molar-refractivity contribution in [3.05, 3.63) is 63.8 Å². The van der Waals surface area contributed by atoms with Crippen LogP contribution in [0.15, 0.2) is 41.2 Å². The molecule has 1 fully saturated rings. The third kappa shape index (κ3) is 3.76. The molecule has 1 aromatic heterocycles. The van der Waals surface area contributed by atoms with Crippen LogP contribution in [0.2, 0.25) is 0 Å². The number of carbonyl (C=O) groups is 1. The Balaban J connectivity index is 1.89. The SMILES string of the molecule is CO[C@H]1CCCN(C(=O)c2ccc(=O)[nH]n2)[C@H]1Cc1ccccc1F. The highest BCUT2D eigenvalue weighted by Gasteiger charge is 2.35. The molecule has 0 bridgehead atoms. The Morgan fingerprint density at radius 3 is 2.84 bits per heavy atom. The fraction of sp³-hybridized carbons (Fsp3) is 0.389. The van der Waals surface area contributed by atoms with Gasteiger partial charge >= 0.3 is 0 Å². The van der Waals surface area contributed by atoms with Gasteiger partial charge in [0.25, 0.3) is 11.5 Å². The van der Waals surface area contributed by atoms with Crippen molar-refractivity contribution in [2.24, 2.45) is 0 Å². The number of aromatic nitrogens is 2. The minimum atomic E-state index is -0.368. The van der Waals surface area contributed by atoms with Gasteiger partial charge in [-0.1, -0.05) is 18.2 Å². The lowest BCUT2D eigenvalue weighted by molar-refractivity contribution is -0.0122. The molecule has 1 saturated heterocycles. The smallest absolute Gasteiger partial charge is 0.274 e. The molecule has 6 nitrogen and oxygen atoms in total. The average Bonchev–Trinajstić information content (AvgIpc) is 2.64. The molecule has 132 valence electrons. The number of hydrogen-bond donors (Lipinski definition) is 1. The zero-order valence-electron chi connectivity index (χ0n) is 13.9. The normalized spacial score (nSPS) is 20.5. The molecule has 0 aliphatic carbocycles. The highest BCUT2D eigenvalue weighted by Crippen LogP contribution is 2.25. The van der Waals surface area contributed by atoms with Gasteiger partial charge in [0.2, 0.25) is 0 Å². The molecule has 0 spiro atoms. The van der Waals surface area contributed by atoms with Gasteiger partial charge in [0, 0.05) is 19.7 Å². The molecule has 1 aliphatic rings. The van der Waals surface area contributed by atoms with E-state index in [9.17, 15) is 14.0 Å². The fourth-order valence-electron chi connectivity index (χ4n) is 3.29. The molecule has 2 atom stereocenters. The third-order valence-corrected chi connectivity index (χ3v) is 4.57. The highest BCUT2D eigenvalue weighted by atomic mass is 19.1. The Morgan fingerprint density at radius 1 is 1.36 bits per heavy atom. The lowest BCUT2D eigenvalue weighted by Crippen LogP contribution is -2.53. The van der Waals surface area contributed by atoms with Crippen LogP contribution >= 0.6 is 0 Å². The van der Waals surface area contributed by atoms with Gasteiger partial charge in [-0.15, -0.1) is 0 Å². The van der Waals surface area contributed by atoms with E-state index in [0.717, 1.165) is 12.8 Å². The van der Waals surface area contributed by atoms with Gasteiger partial charge in [-0.2, -0.15) is 5.10 Å². The molecule has 2 aromatic rings. The molecular formula is C18H20FN3O3. The van der Waals surface area contributed by atoms with Gasteiger partial charge in [-0.25, -0.2) is 9.49 Å². The molecule has 2 heterocycles. The molecule has 1 amide bonds. The van der Waals surface area contributed by atoms with E-state index in [2.05, 4.69) is 10.2 Å². The van der Waals surface area contributed by atoms with Crippen LogP contribution in [-0.4, -0.2) is 46.8 Å². The fourth-order valence-corrected chi connectivity index (χ4v) is 3.29. The Labute approximate surface area is 144 Å². The number of ether oxygens (including phenoxy) is 1. The predicted molar refractivity (Wildman–Crippen MR) is 89.8 cm³/mol. The van der Waals surface area contributed by atoms with Crippen molar-refractivity contribution in [2.45, 2.75) is 31.4 Å². The van der Waals surface area contributed by atoms with Crippen LogP contribution in [0.1, 0.15) is 28.9 Å². The summed E-state index contributed by atoms with van der Waals surface area (Å²) in [6.45, 7) is 0.540. The summed E-state index contributed by atoms with van der Waals surface area (Å²) in [7, 11) is 1.60. The topological polar surface area (TPSA) is 75.3 Å². The summed E-state index contributed by atoms with van der Waals surface area (Å²) in [4.78, 5) is 25.7. The summed E-state index contributed by atoms with van der Waals surface area (Å²) in [6, 6.07) is 8.92. The first-order valence-electron chi connectivity index (χ1n) is 8.23. The van der Waals surface area contributed by atoms with E-state index in [1.807, 2.05) is 0 Å². The average molecular weight is 345 g/mol. The maximum atomic E-state index is 14.1. The van der Waals surface area contributed by atoms with Crippen LogP contribution in [0.4, 0.5) is 4.39 Å². The summed E-state index contributed by atoms with van der Waals surface area (Å²) >= 11 is 0. The Kier molecular flexibility index (Phi) is 5.23.